The van der Waals surface area contributed by atoms with Gasteiger partial charge in [-0.1, -0.05) is 11.2 Å². The number of anilines is 1. The molecule has 2 aliphatic rings. The average molecular weight is 376 g/mol. The summed E-state index contributed by atoms with van der Waals surface area (Å²) in [5.41, 5.74) is 4.04. The quantitative estimate of drug-likeness (QED) is 0.732. The zero-order valence-corrected chi connectivity index (χ0v) is 15.7. The number of carbonyl (C=O) groups is 1. The highest BCUT2D eigenvalue weighted by molar-refractivity contribution is 6.01. The number of amides is 1. The number of aryl methyl sites for hydroxylation is 2. The van der Waals surface area contributed by atoms with Gasteiger partial charge in [0, 0.05) is 17.3 Å². The molecule has 1 aliphatic carbocycles. The van der Waals surface area contributed by atoms with Gasteiger partial charge in [-0.3, -0.25) is 4.79 Å². The number of nitrogens with zero attached hydrogens (tertiary/aromatic N) is 1. The van der Waals surface area contributed by atoms with E-state index in [0.717, 1.165) is 35.4 Å². The van der Waals surface area contributed by atoms with E-state index in [1.165, 1.54) is 5.56 Å². The summed E-state index contributed by atoms with van der Waals surface area (Å²) in [7, 11) is 0. The molecule has 1 fully saturated rings. The van der Waals surface area contributed by atoms with Crippen LogP contribution in [-0.2, 0) is 10.2 Å². The molecule has 3 aromatic rings. The molecule has 5 rings (SSSR count). The number of benzene rings is 2. The Labute approximate surface area is 162 Å². The third-order valence-corrected chi connectivity index (χ3v) is 5.61. The Kier molecular flexibility index (Phi) is 3.69. The van der Waals surface area contributed by atoms with E-state index in [1.807, 2.05) is 49.4 Å². The maximum atomic E-state index is 13.0. The van der Waals surface area contributed by atoms with Gasteiger partial charge in [0.25, 0.3) is 0 Å². The van der Waals surface area contributed by atoms with Gasteiger partial charge in [0.2, 0.25) is 12.7 Å². The van der Waals surface area contributed by atoms with Crippen LogP contribution in [0.2, 0.25) is 0 Å². The monoisotopic (exact) mass is 376 g/mol. The zero-order chi connectivity index (χ0) is 19.3. The zero-order valence-electron chi connectivity index (χ0n) is 15.7. The molecule has 2 aromatic carbocycles. The topological polar surface area (TPSA) is 73.6 Å². The maximum Gasteiger partial charge on any atom is 0.236 e. The minimum Gasteiger partial charge on any atom is -0.454 e. The van der Waals surface area contributed by atoms with Crippen molar-refractivity contribution in [2.24, 2.45) is 0 Å². The predicted molar refractivity (Wildman–Crippen MR) is 104 cm³/mol. The average Bonchev–Trinajstić information content (AvgIpc) is 3.13. The molecular weight excluding hydrogens is 356 g/mol. The number of hydrogen-bond donors (Lipinski definition) is 1. The molecule has 0 unspecified atom stereocenters. The standard InChI is InChI=1S/C22H20N2O4/c1-13-3-5-16(9-14(13)2)23-21(25)22(7-8-22)20-11-18(28-24-20)15-4-6-17-19(10-15)27-12-26-17/h3-6,9-11H,7-8,12H2,1-2H3,(H,23,25). The molecule has 1 aliphatic heterocycles. The maximum absolute atomic E-state index is 13.0. The molecule has 142 valence electrons. The number of hydrogen-bond acceptors (Lipinski definition) is 5. The molecule has 0 atom stereocenters. The van der Waals surface area contributed by atoms with Gasteiger partial charge in [-0.25, -0.2) is 0 Å². The first-order chi connectivity index (χ1) is 13.5. The third-order valence-electron chi connectivity index (χ3n) is 5.61. The molecule has 2 heterocycles. The predicted octanol–water partition coefficient (Wildman–Crippen LogP) is 4.36. The summed E-state index contributed by atoms with van der Waals surface area (Å²) in [4.78, 5) is 13.0. The summed E-state index contributed by atoms with van der Waals surface area (Å²) in [6.45, 7) is 4.31. The van der Waals surface area contributed by atoms with E-state index in [4.69, 9.17) is 14.0 Å². The van der Waals surface area contributed by atoms with Gasteiger partial charge in [-0.2, -0.15) is 0 Å². The Morgan fingerprint density at radius 3 is 2.61 bits per heavy atom. The second-order valence-corrected chi connectivity index (χ2v) is 7.48. The van der Waals surface area contributed by atoms with Crippen molar-refractivity contribution in [3.05, 3.63) is 59.3 Å². The lowest BCUT2D eigenvalue weighted by Crippen LogP contribution is -2.28. The van der Waals surface area contributed by atoms with Crippen LogP contribution >= 0.6 is 0 Å². The molecule has 0 radical (unpaired) electrons. The highest BCUT2D eigenvalue weighted by Gasteiger charge is 2.53. The fourth-order valence-electron chi connectivity index (χ4n) is 3.48. The Morgan fingerprint density at radius 2 is 1.82 bits per heavy atom. The molecular formula is C22H20N2O4. The lowest BCUT2D eigenvalue weighted by Gasteiger charge is -2.13. The number of nitrogens with one attached hydrogen (secondary N) is 1. The van der Waals surface area contributed by atoms with Crippen LogP contribution in [0.15, 0.2) is 47.0 Å². The molecule has 1 saturated carbocycles. The van der Waals surface area contributed by atoms with E-state index >= 15 is 0 Å². The molecule has 28 heavy (non-hydrogen) atoms. The highest BCUT2D eigenvalue weighted by Crippen LogP contribution is 2.49. The van der Waals surface area contributed by atoms with Crippen molar-refractivity contribution >= 4 is 11.6 Å². The summed E-state index contributed by atoms with van der Waals surface area (Å²) in [5.74, 6) is 1.97. The Hall–Kier alpha value is -3.28. The van der Waals surface area contributed by atoms with Crippen LogP contribution in [0.3, 0.4) is 0 Å². The van der Waals surface area contributed by atoms with E-state index in [2.05, 4.69) is 17.4 Å². The Balaban J connectivity index is 1.38. The van der Waals surface area contributed by atoms with Crippen molar-refractivity contribution in [2.75, 3.05) is 12.1 Å². The van der Waals surface area contributed by atoms with Gasteiger partial charge in [0.15, 0.2) is 17.3 Å². The van der Waals surface area contributed by atoms with Gasteiger partial charge >= 0.3 is 0 Å². The van der Waals surface area contributed by atoms with Gasteiger partial charge in [0.05, 0.1) is 11.1 Å². The minimum atomic E-state index is -0.614. The highest BCUT2D eigenvalue weighted by atomic mass is 16.7. The van der Waals surface area contributed by atoms with Crippen LogP contribution in [0.4, 0.5) is 5.69 Å². The number of fused-ring (bicyclic) bond motifs is 1. The Bertz CT molecular complexity index is 1080. The normalized spacial score (nSPS) is 16.1. The second kappa shape index (κ2) is 6.12. The van der Waals surface area contributed by atoms with E-state index in [1.54, 1.807) is 0 Å². The fraction of sp³-hybridized carbons (Fsp3) is 0.273. The summed E-state index contributed by atoms with van der Waals surface area (Å²) in [6, 6.07) is 13.4. The molecule has 1 amide bonds. The summed E-state index contributed by atoms with van der Waals surface area (Å²) < 4.78 is 16.3. The SMILES string of the molecule is Cc1ccc(NC(=O)C2(c3cc(-c4ccc5c(c4)OCO5)on3)CC2)cc1C. The largest absolute Gasteiger partial charge is 0.454 e. The van der Waals surface area contributed by atoms with Gasteiger partial charge in [-0.05, 0) is 68.1 Å². The molecule has 1 aromatic heterocycles. The first-order valence-corrected chi connectivity index (χ1v) is 9.31. The number of ether oxygens (including phenoxy) is 2. The first kappa shape index (κ1) is 16.9. The van der Waals surface area contributed by atoms with Crippen LogP contribution < -0.4 is 14.8 Å². The molecule has 0 saturated heterocycles. The van der Waals surface area contributed by atoms with Crippen LogP contribution in [0, 0.1) is 13.8 Å². The lowest BCUT2D eigenvalue weighted by atomic mass is 9.99. The van der Waals surface area contributed by atoms with Crippen LogP contribution in [-0.4, -0.2) is 17.9 Å². The van der Waals surface area contributed by atoms with Crippen LogP contribution in [0.25, 0.3) is 11.3 Å². The van der Waals surface area contributed by atoms with Gasteiger partial charge < -0.3 is 19.3 Å². The molecule has 0 bridgehead atoms. The van der Waals surface area contributed by atoms with E-state index in [0.29, 0.717) is 17.2 Å². The third kappa shape index (κ3) is 2.72. The molecule has 6 nitrogen and oxygen atoms in total. The van der Waals surface area contributed by atoms with Crippen LogP contribution in [0.5, 0.6) is 11.5 Å². The van der Waals surface area contributed by atoms with Crippen molar-refractivity contribution in [3.8, 4) is 22.8 Å². The molecule has 0 spiro atoms. The smallest absolute Gasteiger partial charge is 0.236 e. The number of carbonyl (C=O) groups excluding carboxylic acids is 1. The van der Waals surface area contributed by atoms with Crippen molar-refractivity contribution in [2.45, 2.75) is 32.1 Å². The summed E-state index contributed by atoms with van der Waals surface area (Å²) in [5, 5.41) is 7.24. The fourth-order valence-corrected chi connectivity index (χ4v) is 3.48. The van der Waals surface area contributed by atoms with E-state index in [9.17, 15) is 4.79 Å². The summed E-state index contributed by atoms with van der Waals surface area (Å²) >= 11 is 0. The van der Waals surface area contributed by atoms with Crippen molar-refractivity contribution in [3.63, 3.8) is 0 Å². The summed E-state index contributed by atoms with van der Waals surface area (Å²) in [6.07, 6.45) is 1.52. The van der Waals surface area contributed by atoms with Gasteiger partial charge in [-0.15, -0.1) is 0 Å². The number of rotatable bonds is 4. The van der Waals surface area contributed by atoms with Crippen LogP contribution in [0.1, 0.15) is 29.7 Å². The van der Waals surface area contributed by atoms with E-state index < -0.39 is 5.41 Å². The lowest BCUT2D eigenvalue weighted by molar-refractivity contribution is -0.118. The van der Waals surface area contributed by atoms with Crippen molar-refractivity contribution in [1.29, 1.82) is 0 Å². The van der Waals surface area contributed by atoms with Gasteiger partial charge in [0.1, 0.15) is 0 Å². The van der Waals surface area contributed by atoms with Crippen molar-refractivity contribution < 1.29 is 18.8 Å². The molecule has 6 heteroatoms. The second-order valence-electron chi connectivity index (χ2n) is 7.48. The first-order valence-electron chi connectivity index (χ1n) is 9.31. The van der Waals surface area contributed by atoms with Crippen molar-refractivity contribution in [1.82, 2.24) is 5.16 Å². The van der Waals surface area contributed by atoms with E-state index in [-0.39, 0.29) is 12.7 Å². The minimum absolute atomic E-state index is 0.0405. The Morgan fingerprint density at radius 1 is 1.00 bits per heavy atom. The number of aromatic nitrogens is 1. The molecule has 1 N–H and O–H groups in total.